The average Bonchev–Trinajstić information content (AvgIpc) is 3.22. The molecular formula is C17H26FNO. The summed E-state index contributed by atoms with van der Waals surface area (Å²) in [7, 11) is 0. The summed E-state index contributed by atoms with van der Waals surface area (Å²) >= 11 is 0. The molecule has 0 bridgehead atoms. The molecule has 0 saturated heterocycles. The van der Waals surface area contributed by atoms with E-state index in [4.69, 9.17) is 4.74 Å². The third kappa shape index (κ3) is 5.59. The van der Waals surface area contributed by atoms with Gasteiger partial charge in [0.05, 0.1) is 6.61 Å². The maximum atomic E-state index is 13.7. The van der Waals surface area contributed by atoms with Crippen LogP contribution in [0.5, 0.6) is 0 Å². The molecule has 1 saturated carbocycles. The fraction of sp³-hybridized carbons (Fsp3) is 0.647. The van der Waals surface area contributed by atoms with Gasteiger partial charge in [0.2, 0.25) is 0 Å². The van der Waals surface area contributed by atoms with Gasteiger partial charge < -0.3 is 10.1 Å². The first-order chi connectivity index (χ1) is 9.65. The molecule has 1 atom stereocenters. The second kappa shape index (κ2) is 7.75. The van der Waals surface area contributed by atoms with Crippen molar-refractivity contribution in [3.05, 3.63) is 35.6 Å². The van der Waals surface area contributed by atoms with Gasteiger partial charge in [0.25, 0.3) is 0 Å². The van der Waals surface area contributed by atoms with Crippen molar-refractivity contribution in [2.24, 2.45) is 11.8 Å². The molecule has 3 heteroatoms. The summed E-state index contributed by atoms with van der Waals surface area (Å²) in [6.07, 6.45) is 3.35. The number of benzene rings is 1. The Bertz CT molecular complexity index is 404. The van der Waals surface area contributed by atoms with E-state index in [1.165, 1.54) is 18.9 Å². The summed E-state index contributed by atoms with van der Waals surface area (Å²) in [6, 6.07) is 7.49. The minimum Gasteiger partial charge on any atom is -0.381 e. The Hall–Kier alpha value is -0.930. The van der Waals surface area contributed by atoms with E-state index in [-0.39, 0.29) is 5.82 Å². The first-order valence-corrected chi connectivity index (χ1v) is 7.69. The van der Waals surface area contributed by atoms with Gasteiger partial charge in [-0.15, -0.1) is 0 Å². The van der Waals surface area contributed by atoms with Gasteiger partial charge in [0.15, 0.2) is 0 Å². The summed E-state index contributed by atoms with van der Waals surface area (Å²) in [5, 5.41) is 3.44. The van der Waals surface area contributed by atoms with E-state index in [1.54, 1.807) is 6.07 Å². The SMILES string of the molecule is CC(C)NCC(COCC1CC1)Cc1ccccc1F. The molecule has 1 aromatic carbocycles. The first-order valence-electron chi connectivity index (χ1n) is 7.69. The maximum Gasteiger partial charge on any atom is 0.126 e. The lowest BCUT2D eigenvalue weighted by Gasteiger charge is -2.20. The molecular weight excluding hydrogens is 253 g/mol. The lowest BCUT2D eigenvalue weighted by molar-refractivity contribution is 0.0898. The Morgan fingerprint density at radius 3 is 2.70 bits per heavy atom. The molecule has 0 aromatic heterocycles. The Kier molecular flexibility index (Phi) is 5.99. The predicted octanol–water partition coefficient (Wildman–Crippen LogP) is 3.41. The van der Waals surface area contributed by atoms with Crippen LogP contribution in [-0.4, -0.2) is 25.8 Å². The van der Waals surface area contributed by atoms with Crippen molar-refractivity contribution in [1.29, 1.82) is 0 Å². The minimum absolute atomic E-state index is 0.107. The molecule has 20 heavy (non-hydrogen) atoms. The topological polar surface area (TPSA) is 21.3 Å². The van der Waals surface area contributed by atoms with Gasteiger partial charge in [-0.1, -0.05) is 32.0 Å². The molecule has 0 aliphatic heterocycles. The quantitative estimate of drug-likeness (QED) is 0.748. The smallest absolute Gasteiger partial charge is 0.126 e. The third-order valence-electron chi connectivity index (χ3n) is 3.69. The molecule has 1 fully saturated rings. The first kappa shape index (κ1) is 15.5. The third-order valence-corrected chi connectivity index (χ3v) is 3.69. The van der Waals surface area contributed by atoms with Crippen molar-refractivity contribution >= 4 is 0 Å². The van der Waals surface area contributed by atoms with Crippen LogP contribution in [0.3, 0.4) is 0 Å². The predicted molar refractivity (Wildman–Crippen MR) is 80.3 cm³/mol. The van der Waals surface area contributed by atoms with Gasteiger partial charge in [-0.05, 0) is 42.7 Å². The molecule has 2 nitrogen and oxygen atoms in total. The van der Waals surface area contributed by atoms with Crippen molar-refractivity contribution in [3.8, 4) is 0 Å². The maximum absolute atomic E-state index is 13.7. The number of hydrogen-bond donors (Lipinski definition) is 1. The van der Waals surface area contributed by atoms with Crippen molar-refractivity contribution < 1.29 is 9.13 Å². The van der Waals surface area contributed by atoms with Gasteiger partial charge in [-0.25, -0.2) is 4.39 Å². The molecule has 0 radical (unpaired) electrons. The molecule has 1 N–H and O–H groups in total. The number of nitrogens with one attached hydrogen (secondary N) is 1. The zero-order valence-corrected chi connectivity index (χ0v) is 12.6. The van der Waals surface area contributed by atoms with Crippen molar-refractivity contribution in [2.75, 3.05) is 19.8 Å². The number of rotatable bonds is 9. The molecule has 112 valence electrons. The van der Waals surface area contributed by atoms with E-state index >= 15 is 0 Å². The highest BCUT2D eigenvalue weighted by Gasteiger charge is 2.22. The minimum atomic E-state index is -0.107. The van der Waals surface area contributed by atoms with E-state index in [9.17, 15) is 4.39 Å². The fourth-order valence-corrected chi connectivity index (χ4v) is 2.25. The molecule has 1 aliphatic rings. The highest BCUT2D eigenvalue weighted by atomic mass is 19.1. The van der Waals surface area contributed by atoms with Crippen LogP contribution in [0, 0.1) is 17.7 Å². The molecule has 0 spiro atoms. The summed E-state index contributed by atoms with van der Waals surface area (Å²) in [6.45, 7) is 6.72. The van der Waals surface area contributed by atoms with E-state index in [2.05, 4.69) is 19.2 Å². The Balaban J connectivity index is 1.84. The van der Waals surface area contributed by atoms with Crippen LogP contribution in [0.1, 0.15) is 32.3 Å². The van der Waals surface area contributed by atoms with Crippen LogP contribution in [0.15, 0.2) is 24.3 Å². The Morgan fingerprint density at radius 2 is 2.05 bits per heavy atom. The van der Waals surface area contributed by atoms with Gasteiger partial charge in [0, 0.05) is 19.2 Å². The zero-order valence-electron chi connectivity index (χ0n) is 12.6. The summed E-state index contributed by atoms with van der Waals surface area (Å²) in [5.41, 5.74) is 0.790. The number of hydrogen-bond acceptors (Lipinski definition) is 2. The van der Waals surface area contributed by atoms with Gasteiger partial charge in [-0.2, -0.15) is 0 Å². The van der Waals surface area contributed by atoms with Crippen molar-refractivity contribution in [1.82, 2.24) is 5.32 Å². The second-order valence-corrected chi connectivity index (χ2v) is 6.21. The van der Waals surface area contributed by atoms with E-state index in [0.717, 1.165) is 31.1 Å². The monoisotopic (exact) mass is 279 g/mol. The molecule has 0 amide bonds. The standard InChI is InChI=1S/C17H26FNO/c1-13(2)19-10-15(12-20-11-14-7-8-14)9-16-5-3-4-6-17(16)18/h3-6,13-15,19H,7-12H2,1-2H3. The van der Waals surface area contributed by atoms with Crippen LogP contribution in [0.25, 0.3) is 0 Å². The molecule has 1 aliphatic carbocycles. The van der Waals surface area contributed by atoms with Gasteiger partial charge >= 0.3 is 0 Å². The largest absolute Gasteiger partial charge is 0.381 e. The lowest BCUT2D eigenvalue weighted by Crippen LogP contribution is -2.32. The van der Waals surface area contributed by atoms with Crippen molar-refractivity contribution in [3.63, 3.8) is 0 Å². The van der Waals surface area contributed by atoms with E-state index in [1.807, 2.05) is 12.1 Å². The van der Waals surface area contributed by atoms with Crippen LogP contribution in [0.4, 0.5) is 4.39 Å². The second-order valence-electron chi connectivity index (χ2n) is 6.21. The summed E-state index contributed by atoms with van der Waals surface area (Å²) in [5.74, 6) is 0.999. The van der Waals surface area contributed by atoms with E-state index < -0.39 is 0 Å². The van der Waals surface area contributed by atoms with Crippen molar-refractivity contribution in [2.45, 2.75) is 39.2 Å². The van der Waals surface area contributed by atoms with Gasteiger partial charge in [0.1, 0.15) is 5.82 Å². The highest BCUT2D eigenvalue weighted by Crippen LogP contribution is 2.29. The summed E-state index contributed by atoms with van der Waals surface area (Å²) in [4.78, 5) is 0. The Morgan fingerprint density at radius 1 is 1.30 bits per heavy atom. The van der Waals surface area contributed by atoms with Crippen LogP contribution >= 0.6 is 0 Å². The molecule has 0 heterocycles. The number of ether oxygens (including phenoxy) is 1. The van der Waals surface area contributed by atoms with Crippen LogP contribution < -0.4 is 5.32 Å². The summed E-state index contributed by atoms with van der Waals surface area (Å²) < 4.78 is 19.5. The molecule has 2 rings (SSSR count). The zero-order chi connectivity index (χ0) is 14.4. The molecule has 1 unspecified atom stereocenters. The fourth-order valence-electron chi connectivity index (χ4n) is 2.25. The number of halogens is 1. The Labute approximate surface area is 121 Å². The normalized spacial score (nSPS) is 16.6. The lowest BCUT2D eigenvalue weighted by atomic mass is 9.99. The average molecular weight is 279 g/mol. The highest BCUT2D eigenvalue weighted by molar-refractivity contribution is 5.17. The van der Waals surface area contributed by atoms with Gasteiger partial charge in [-0.3, -0.25) is 0 Å². The van der Waals surface area contributed by atoms with Crippen LogP contribution in [-0.2, 0) is 11.2 Å². The van der Waals surface area contributed by atoms with E-state index in [0.29, 0.717) is 18.6 Å². The van der Waals surface area contributed by atoms with Crippen LogP contribution in [0.2, 0.25) is 0 Å². The molecule has 1 aromatic rings.